The van der Waals surface area contributed by atoms with Gasteiger partial charge in [0.2, 0.25) is 5.82 Å². The Hall–Kier alpha value is -1.40. The van der Waals surface area contributed by atoms with Crippen molar-refractivity contribution < 1.29 is 9.66 Å². The lowest BCUT2D eigenvalue weighted by Crippen LogP contribution is -2.43. The summed E-state index contributed by atoms with van der Waals surface area (Å²) in [7, 11) is 0. The van der Waals surface area contributed by atoms with Crippen LogP contribution >= 0.6 is 11.6 Å². The monoisotopic (exact) mass is 269 g/mol. The topological polar surface area (TPSA) is 68.5 Å². The number of halogens is 1. The van der Waals surface area contributed by atoms with Gasteiger partial charge in [-0.3, -0.25) is 10.1 Å². The summed E-state index contributed by atoms with van der Waals surface area (Å²) in [5.41, 5.74) is 0.000648. The smallest absolute Gasteiger partial charge is 0.311 e. The van der Waals surface area contributed by atoms with Crippen LogP contribution in [0.15, 0.2) is 12.1 Å². The molecule has 3 heterocycles. The largest absolute Gasteiger partial charge is 0.371 e. The highest BCUT2D eigenvalue weighted by Gasteiger charge is 2.36. The van der Waals surface area contributed by atoms with E-state index in [1.165, 1.54) is 12.1 Å². The molecule has 3 rings (SSSR count). The fourth-order valence-corrected chi connectivity index (χ4v) is 2.72. The molecule has 2 saturated heterocycles. The molecule has 2 bridgehead atoms. The van der Waals surface area contributed by atoms with Gasteiger partial charge in [0, 0.05) is 19.2 Å². The second-order valence-corrected chi connectivity index (χ2v) is 4.98. The second kappa shape index (κ2) is 4.37. The Bertz CT molecular complexity index is 484. The van der Waals surface area contributed by atoms with Gasteiger partial charge in [0.25, 0.3) is 0 Å². The average Bonchev–Trinajstić information content (AvgIpc) is 2.67. The van der Waals surface area contributed by atoms with E-state index in [9.17, 15) is 10.1 Å². The number of nitrogens with zero attached hydrogens (tertiary/aromatic N) is 3. The van der Waals surface area contributed by atoms with Crippen LogP contribution in [0.3, 0.4) is 0 Å². The van der Waals surface area contributed by atoms with E-state index in [-0.39, 0.29) is 23.0 Å². The molecule has 0 spiro atoms. The third kappa shape index (κ3) is 2.02. The van der Waals surface area contributed by atoms with Crippen LogP contribution in [-0.4, -0.2) is 35.2 Å². The molecule has 2 aliphatic rings. The minimum atomic E-state index is -0.421. The Morgan fingerprint density at radius 3 is 2.67 bits per heavy atom. The van der Waals surface area contributed by atoms with Crippen molar-refractivity contribution >= 4 is 23.1 Å². The molecule has 0 aromatic carbocycles. The first kappa shape index (κ1) is 11.7. The highest BCUT2D eigenvalue weighted by Crippen LogP contribution is 2.33. The molecule has 0 N–H and O–H groups in total. The number of aromatic nitrogens is 1. The minimum Gasteiger partial charge on any atom is -0.371 e. The quantitative estimate of drug-likeness (QED) is 0.467. The summed E-state index contributed by atoms with van der Waals surface area (Å²) < 4.78 is 5.71. The Balaban J connectivity index is 1.95. The normalized spacial score (nSPS) is 26.4. The summed E-state index contributed by atoms with van der Waals surface area (Å²) in [4.78, 5) is 16.6. The molecule has 0 aliphatic carbocycles. The van der Waals surface area contributed by atoms with E-state index in [1.807, 2.05) is 4.90 Å². The lowest BCUT2D eigenvalue weighted by atomic mass is 10.2. The van der Waals surface area contributed by atoms with Crippen molar-refractivity contribution in [1.29, 1.82) is 0 Å². The number of fused-ring (bicyclic) bond motifs is 2. The summed E-state index contributed by atoms with van der Waals surface area (Å²) in [5, 5.41) is 11.3. The molecule has 2 aliphatic heterocycles. The highest BCUT2D eigenvalue weighted by atomic mass is 35.5. The molecule has 0 radical (unpaired) electrons. The molecule has 18 heavy (non-hydrogen) atoms. The van der Waals surface area contributed by atoms with Gasteiger partial charge in [-0.1, -0.05) is 11.6 Å². The highest BCUT2D eigenvalue weighted by molar-refractivity contribution is 6.29. The first-order valence-corrected chi connectivity index (χ1v) is 6.22. The van der Waals surface area contributed by atoms with Crippen LogP contribution in [0.2, 0.25) is 5.15 Å². The van der Waals surface area contributed by atoms with Gasteiger partial charge >= 0.3 is 5.69 Å². The molecule has 0 saturated carbocycles. The van der Waals surface area contributed by atoms with Gasteiger partial charge in [-0.05, 0) is 18.9 Å². The molecule has 96 valence electrons. The van der Waals surface area contributed by atoms with Gasteiger partial charge in [0.1, 0.15) is 5.15 Å². The zero-order chi connectivity index (χ0) is 12.7. The molecule has 7 heteroatoms. The van der Waals surface area contributed by atoms with E-state index in [1.54, 1.807) is 0 Å². The van der Waals surface area contributed by atoms with Gasteiger partial charge in [0.05, 0.1) is 17.1 Å². The molecule has 2 unspecified atom stereocenters. The fourth-order valence-electron chi connectivity index (χ4n) is 2.58. The van der Waals surface area contributed by atoms with Gasteiger partial charge in [0.15, 0.2) is 0 Å². The standard InChI is InChI=1S/C11H12ClN3O3/c12-10-4-3-9(15(16)17)11(13-10)14-5-7-1-2-8(6-14)18-7/h3-4,7-8H,1-2,5-6H2. The van der Waals surface area contributed by atoms with Crippen LogP contribution in [0.5, 0.6) is 0 Å². The Kier molecular flexibility index (Phi) is 2.83. The molecule has 2 atom stereocenters. The van der Waals surface area contributed by atoms with E-state index in [0.717, 1.165) is 12.8 Å². The van der Waals surface area contributed by atoms with Gasteiger partial charge in [-0.2, -0.15) is 0 Å². The van der Waals surface area contributed by atoms with Crippen molar-refractivity contribution in [3.8, 4) is 0 Å². The molecular formula is C11H12ClN3O3. The third-order valence-corrected chi connectivity index (χ3v) is 3.57. The van der Waals surface area contributed by atoms with Crippen LogP contribution in [0, 0.1) is 10.1 Å². The zero-order valence-electron chi connectivity index (χ0n) is 9.58. The summed E-state index contributed by atoms with van der Waals surface area (Å²) in [5.74, 6) is 0.354. The van der Waals surface area contributed by atoms with Crippen molar-refractivity contribution in [2.45, 2.75) is 25.0 Å². The lowest BCUT2D eigenvalue weighted by Gasteiger charge is -2.32. The number of nitro groups is 1. The molecule has 1 aromatic heterocycles. The maximum absolute atomic E-state index is 11.0. The summed E-state index contributed by atoms with van der Waals surface area (Å²) >= 11 is 5.84. The SMILES string of the molecule is O=[N+]([O-])c1ccc(Cl)nc1N1CC2CCC(C1)O2. The first-order valence-electron chi connectivity index (χ1n) is 5.85. The van der Waals surface area contributed by atoms with E-state index in [0.29, 0.717) is 18.9 Å². The first-order chi connectivity index (χ1) is 8.63. The Morgan fingerprint density at radius 2 is 2.06 bits per heavy atom. The van der Waals surface area contributed by atoms with Crippen molar-refractivity contribution in [3.05, 3.63) is 27.4 Å². The maximum atomic E-state index is 11.0. The lowest BCUT2D eigenvalue weighted by molar-refractivity contribution is -0.384. The van der Waals surface area contributed by atoms with E-state index < -0.39 is 4.92 Å². The summed E-state index contributed by atoms with van der Waals surface area (Å²) in [6.07, 6.45) is 2.33. The molecule has 2 fully saturated rings. The molecule has 0 amide bonds. The number of rotatable bonds is 2. The van der Waals surface area contributed by atoms with Crippen LogP contribution in [0.25, 0.3) is 0 Å². The molecular weight excluding hydrogens is 258 g/mol. The predicted molar refractivity (Wildman–Crippen MR) is 66.0 cm³/mol. The van der Waals surface area contributed by atoms with Crippen molar-refractivity contribution in [1.82, 2.24) is 4.98 Å². The van der Waals surface area contributed by atoms with Crippen LogP contribution in [0.1, 0.15) is 12.8 Å². The van der Waals surface area contributed by atoms with Crippen molar-refractivity contribution in [3.63, 3.8) is 0 Å². The fraction of sp³-hybridized carbons (Fsp3) is 0.545. The second-order valence-electron chi connectivity index (χ2n) is 4.60. The van der Waals surface area contributed by atoms with Crippen molar-refractivity contribution in [2.24, 2.45) is 0 Å². The van der Waals surface area contributed by atoms with E-state index in [2.05, 4.69) is 4.98 Å². The number of pyridine rings is 1. The molecule has 1 aromatic rings. The van der Waals surface area contributed by atoms with Crippen LogP contribution < -0.4 is 4.90 Å². The number of morpholine rings is 1. The summed E-state index contributed by atoms with van der Waals surface area (Å²) in [6, 6.07) is 2.85. The van der Waals surface area contributed by atoms with E-state index in [4.69, 9.17) is 16.3 Å². The van der Waals surface area contributed by atoms with Gasteiger partial charge in [-0.25, -0.2) is 4.98 Å². The number of hydrogen-bond donors (Lipinski definition) is 0. The van der Waals surface area contributed by atoms with Crippen LogP contribution in [0.4, 0.5) is 11.5 Å². The average molecular weight is 270 g/mol. The number of hydrogen-bond acceptors (Lipinski definition) is 5. The number of anilines is 1. The van der Waals surface area contributed by atoms with Crippen LogP contribution in [-0.2, 0) is 4.74 Å². The van der Waals surface area contributed by atoms with Gasteiger partial charge in [-0.15, -0.1) is 0 Å². The summed E-state index contributed by atoms with van der Waals surface area (Å²) in [6.45, 7) is 1.29. The Labute approximate surface area is 109 Å². The number of ether oxygens (including phenoxy) is 1. The molecule has 6 nitrogen and oxygen atoms in total. The van der Waals surface area contributed by atoms with E-state index >= 15 is 0 Å². The maximum Gasteiger partial charge on any atom is 0.311 e. The minimum absolute atomic E-state index is 0.000648. The van der Waals surface area contributed by atoms with Crippen molar-refractivity contribution in [2.75, 3.05) is 18.0 Å². The zero-order valence-corrected chi connectivity index (χ0v) is 10.3. The van der Waals surface area contributed by atoms with Gasteiger partial charge < -0.3 is 9.64 Å². The third-order valence-electron chi connectivity index (χ3n) is 3.36. The predicted octanol–water partition coefficient (Wildman–Crippen LogP) is 2.01. The Morgan fingerprint density at radius 1 is 1.39 bits per heavy atom.